The van der Waals surface area contributed by atoms with Gasteiger partial charge in [-0.2, -0.15) is 0 Å². The Bertz CT molecular complexity index is 548. The van der Waals surface area contributed by atoms with Gasteiger partial charge in [-0.15, -0.1) is 0 Å². The van der Waals surface area contributed by atoms with Gasteiger partial charge in [0.15, 0.2) is 0 Å². The molecule has 2 aliphatic heterocycles. The van der Waals surface area contributed by atoms with Crippen molar-refractivity contribution < 1.29 is 9.72 Å². The van der Waals surface area contributed by atoms with Crippen LogP contribution in [-0.2, 0) is 0 Å². The van der Waals surface area contributed by atoms with Gasteiger partial charge in [0.1, 0.15) is 0 Å². The smallest absolute Gasteiger partial charge is 0.320 e. The van der Waals surface area contributed by atoms with Gasteiger partial charge in [-0.05, 0) is 18.4 Å². The molecule has 3 rings (SSSR count). The number of hydrogen-bond acceptors (Lipinski definition) is 4. The number of anilines is 1. The lowest BCUT2D eigenvalue weighted by atomic mass is 10.1. The van der Waals surface area contributed by atoms with Crippen LogP contribution in [0.15, 0.2) is 24.3 Å². The van der Waals surface area contributed by atoms with E-state index in [2.05, 4.69) is 10.6 Å². The Kier molecular flexibility index (Phi) is 3.27. The van der Waals surface area contributed by atoms with Crippen LogP contribution in [0.2, 0.25) is 0 Å². The standard InChI is InChI=1S/C13H16N4O3/c18-13(16-5-4-9-7-14-8-12(9)16)15-10-2-1-3-11(6-10)17(19)20/h1-3,6,9,12,14H,4-5,7-8H2,(H,15,18)/t9-,12+/m0/s1. The quantitative estimate of drug-likeness (QED) is 0.631. The number of hydrogen-bond donors (Lipinski definition) is 2. The molecule has 0 saturated carbocycles. The van der Waals surface area contributed by atoms with Crippen LogP contribution in [0.1, 0.15) is 6.42 Å². The molecule has 0 bridgehead atoms. The van der Waals surface area contributed by atoms with E-state index in [9.17, 15) is 14.9 Å². The maximum atomic E-state index is 12.3. The number of fused-ring (bicyclic) bond motifs is 1. The molecule has 2 N–H and O–H groups in total. The van der Waals surface area contributed by atoms with Gasteiger partial charge in [0.2, 0.25) is 0 Å². The van der Waals surface area contributed by atoms with E-state index in [-0.39, 0.29) is 17.8 Å². The van der Waals surface area contributed by atoms with E-state index < -0.39 is 4.92 Å². The number of carbonyl (C=O) groups is 1. The van der Waals surface area contributed by atoms with Crippen LogP contribution in [0.4, 0.5) is 16.2 Å². The molecule has 0 radical (unpaired) electrons. The summed E-state index contributed by atoms with van der Waals surface area (Å²) < 4.78 is 0. The fraction of sp³-hybridized carbons (Fsp3) is 0.462. The Balaban J connectivity index is 1.70. The summed E-state index contributed by atoms with van der Waals surface area (Å²) in [5.41, 5.74) is 0.434. The highest BCUT2D eigenvalue weighted by molar-refractivity contribution is 5.90. The molecule has 2 amide bonds. The van der Waals surface area contributed by atoms with Crippen molar-refractivity contribution in [1.29, 1.82) is 0 Å². The third-order valence-electron chi connectivity index (χ3n) is 4.01. The number of benzene rings is 1. The lowest BCUT2D eigenvalue weighted by molar-refractivity contribution is -0.384. The summed E-state index contributed by atoms with van der Waals surface area (Å²) in [5, 5.41) is 16.8. The average Bonchev–Trinajstić information content (AvgIpc) is 3.00. The van der Waals surface area contributed by atoms with Crippen molar-refractivity contribution in [2.45, 2.75) is 12.5 Å². The van der Waals surface area contributed by atoms with Crippen molar-refractivity contribution in [3.05, 3.63) is 34.4 Å². The first-order valence-corrected chi connectivity index (χ1v) is 6.68. The zero-order valence-corrected chi connectivity index (χ0v) is 10.9. The van der Waals surface area contributed by atoms with Gasteiger partial charge in [0.25, 0.3) is 5.69 Å². The van der Waals surface area contributed by atoms with Crippen LogP contribution < -0.4 is 10.6 Å². The van der Waals surface area contributed by atoms with Gasteiger partial charge in [-0.25, -0.2) is 4.79 Å². The molecule has 0 aliphatic carbocycles. The van der Waals surface area contributed by atoms with Gasteiger partial charge in [0, 0.05) is 43.5 Å². The summed E-state index contributed by atoms with van der Waals surface area (Å²) in [5.74, 6) is 0.533. The molecular weight excluding hydrogens is 260 g/mol. The maximum Gasteiger partial charge on any atom is 0.322 e. The van der Waals surface area contributed by atoms with Crippen molar-refractivity contribution in [2.24, 2.45) is 5.92 Å². The number of likely N-dealkylation sites (tertiary alicyclic amines) is 1. The number of nitrogens with zero attached hydrogens (tertiary/aromatic N) is 2. The number of rotatable bonds is 2. The second-order valence-corrected chi connectivity index (χ2v) is 5.21. The first kappa shape index (κ1) is 12.9. The molecule has 0 spiro atoms. The summed E-state index contributed by atoms with van der Waals surface area (Å²) in [6.07, 6.45) is 1.01. The molecular formula is C13H16N4O3. The van der Waals surface area contributed by atoms with Gasteiger partial charge in [0.05, 0.1) is 4.92 Å². The molecule has 2 saturated heterocycles. The summed E-state index contributed by atoms with van der Waals surface area (Å²) in [6.45, 7) is 2.54. The van der Waals surface area contributed by atoms with Crippen LogP contribution in [0, 0.1) is 16.0 Å². The minimum Gasteiger partial charge on any atom is -0.320 e. The van der Waals surface area contributed by atoms with Crippen LogP contribution in [0.25, 0.3) is 0 Å². The van der Waals surface area contributed by atoms with Crippen LogP contribution in [0.3, 0.4) is 0 Å². The SMILES string of the molecule is O=C(Nc1cccc([N+](=O)[O-])c1)N1CC[C@H]2CNC[C@H]21. The molecule has 2 fully saturated rings. The van der Waals surface area contributed by atoms with Crippen molar-refractivity contribution in [2.75, 3.05) is 25.0 Å². The van der Waals surface area contributed by atoms with E-state index in [0.29, 0.717) is 11.6 Å². The molecule has 2 atom stereocenters. The topological polar surface area (TPSA) is 87.5 Å². The molecule has 0 aromatic heterocycles. The molecule has 20 heavy (non-hydrogen) atoms. The van der Waals surface area contributed by atoms with Crippen molar-refractivity contribution in [3.8, 4) is 0 Å². The van der Waals surface area contributed by atoms with Crippen molar-refractivity contribution in [3.63, 3.8) is 0 Å². The molecule has 106 valence electrons. The Morgan fingerprint density at radius 3 is 3.10 bits per heavy atom. The zero-order chi connectivity index (χ0) is 14.1. The predicted octanol–water partition coefficient (Wildman–Crippen LogP) is 1.42. The molecule has 1 aromatic rings. The normalized spacial score (nSPS) is 24.5. The molecule has 2 aliphatic rings. The van der Waals surface area contributed by atoms with E-state index >= 15 is 0 Å². The second kappa shape index (κ2) is 5.09. The van der Waals surface area contributed by atoms with Crippen molar-refractivity contribution in [1.82, 2.24) is 10.2 Å². The first-order chi connectivity index (χ1) is 9.65. The summed E-state index contributed by atoms with van der Waals surface area (Å²) in [4.78, 5) is 24.3. The number of nitrogens with one attached hydrogen (secondary N) is 2. The minimum absolute atomic E-state index is 0.0235. The number of amides is 2. The molecule has 1 aromatic carbocycles. The van der Waals surface area contributed by atoms with Gasteiger partial charge in [-0.1, -0.05) is 6.07 Å². The monoisotopic (exact) mass is 276 g/mol. The third kappa shape index (κ3) is 2.32. The van der Waals surface area contributed by atoms with Crippen LogP contribution in [0.5, 0.6) is 0 Å². The molecule has 2 heterocycles. The van der Waals surface area contributed by atoms with Crippen molar-refractivity contribution >= 4 is 17.4 Å². The second-order valence-electron chi connectivity index (χ2n) is 5.21. The van der Waals surface area contributed by atoms with Gasteiger partial charge in [-0.3, -0.25) is 10.1 Å². The molecule has 7 heteroatoms. The van der Waals surface area contributed by atoms with E-state index in [1.807, 2.05) is 4.90 Å². The van der Waals surface area contributed by atoms with Crippen LogP contribution >= 0.6 is 0 Å². The largest absolute Gasteiger partial charge is 0.322 e. The Morgan fingerprint density at radius 2 is 2.30 bits per heavy atom. The predicted molar refractivity (Wildman–Crippen MR) is 73.6 cm³/mol. The minimum atomic E-state index is -0.470. The number of non-ortho nitro benzene ring substituents is 1. The lowest BCUT2D eigenvalue weighted by Crippen LogP contribution is -2.41. The fourth-order valence-corrected chi connectivity index (χ4v) is 2.99. The lowest BCUT2D eigenvalue weighted by Gasteiger charge is -2.23. The highest BCUT2D eigenvalue weighted by Crippen LogP contribution is 2.28. The van der Waals surface area contributed by atoms with Gasteiger partial charge >= 0.3 is 6.03 Å². The van der Waals surface area contributed by atoms with Gasteiger partial charge < -0.3 is 15.5 Å². The Hall–Kier alpha value is -2.15. The summed E-state index contributed by atoms with van der Waals surface area (Å²) in [7, 11) is 0. The highest BCUT2D eigenvalue weighted by atomic mass is 16.6. The Labute approximate surface area is 116 Å². The number of carbonyl (C=O) groups excluding carboxylic acids is 1. The van der Waals surface area contributed by atoms with E-state index in [0.717, 1.165) is 26.1 Å². The maximum absolute atomic E-state index is 12.3. The number of nitro groups is 1. The Morgan fingerprint density at radius 1 is 1.45 bits per heavy atom. The average molecular weight is 276 g/mol. The van der Waals surface area contributed by atoms with Crippen LogP contribution in [-0.4, -0.2) is 41.5 Å². The summed E-state index contributed by atoms with van der Waals surface area (Å²) in [6, 6.07) is 6.07. The van der Waals surface area contributed by atoms with E-state index in [1.165, 1.54) is 12.1 Å². The summed E-state index contributed by atoms with van der Waals surface area (Å²) >= 11 is 0. The first-order valence-electron chi connectivity index (χ1n) is 6.68. The highest BCUT2D eigenvalue weighted by Gasteiger charge is 2.39. The molecule has 0 unspecified atom stereocenters. The number of urea groups is 1. The number of nitro benzene ring substituents is 1. The zero-order valence-electron chi connectivity index (χ0n) is 10.9. The van der Waals surface area contributed by atoms with E-state index in [4.69, 9.17) is 0 Å². The van der Waals surface area contributed by atoms with E-state index in [1.54, 1.807) is 12.1 Å². The fourth-order valence-electron chi connectivity index (χ4n) is 2.99. The molecule has 7 nitrogen and oxygen atoms in total. The third-order valence-corrected chi connectivity index (χ3v) is 4.01.